The van der Waals surface area contributed by atoms with Crippen LogP contribution in [0.2, 0.25) is 0 Å². The van der Waals surface area contributed by atoms with E-state index < -0.39 is 11.5 Å². The molecule has 1 aromatic heterocycles. The standard InChI is InChI=1S/C12H21N3O2/c1-3-4-5-6-7-8-12(2,11(16)17)15-10-13-9-14-15/h9-10H,3-8H2,1-2H3,(H,16,17). The second kappa shape index (κ2) is 6.37. The molecule has 0 radical (unpaired) electrons. The van der Waals surface area contributed by atoms with E-state index in [0.717, 1.165) is 12.8 Å². The first-order chi connectivity index (χ1) is 8.11. The summed E-state index contributed by atoms with van der Waals surface area (Å²) in [4.78, 5) is 15.2. The van der Waals surface area contributed by atoms with Crippen LogP contribution in [0.5, 0.6) is 0 Å². The summed E-state index contributed by atoms with van der Waals surface area (Å²) in [6, 6.07) is 0. The molecule has 0 saturated heterocycles. The number of aromatic nitrogens is 3. The summed E-state index contributed by atoms with van der Waals surface area (Å²) in [5.74, 6) is -0.849. The summed E-state index contributed by atoms with van der Waals surface area (Å²) >= 11 is 0. The van der Waals surface area contributed by atoms with Crippen molar-refractivity contribution in [2.45, 2.75) is 57.9 Å². The van der Waals surface area contributed by atoms with Gasteiger partial charge in [0.25, 0.3) is 0 Å². The molecule has 0 spiro atoms. The fourth-order valence-corrected chi connectivity index (χ4v) is 1.86. The molecule has 0 saturated carbocycles. The molecule has 0 aliphatic rings. The van der Waals surface area contributed by atoms with E-state index in [-0.39, 0.29) is 0 Å². The van der Waals surface area contributed by atoms with E-state index in [1.54, 1.807) is 6.92 Å². The lowest BCUT2D eigenvalue weighted by Gasteiger charge is -2.24. The SMILES string of the molecule is CCCCCCCC(C)(C(=O)O)n1cncn1. The van der Waals surface area contributed by atoms with Gasteiger partial charge in [-0.2, -0.15) is 5.10 Å². The number of nitrogens with zero attached hydrogens (tertiary/aromatic N) is 3. The van der Waals surface area contributed by atoms with Crippen LogP contribution < -0.4 is 0 Å². The van der Waals surface area contributed by atoms with Crippen molar-refractivity contribution in [1.82, 2.24) is 14.8 Å². The Morgan fingerprint density at radius 1 is 1.35 bits per heavy atom. The second-order valence-electron chi connectivity index (χ2n) is 4.58. The van der Waals surface area contributed by atoms with E-state index in [9.17, 15) is 9.90 Å². The number of hydrogen-bond acceptors (Lipinski definition) is 3. The van der Waals surface area contributed by atoms with Gasteiger partial charge >= 0.3 is 5.97 Å². The Labute approximate surface area is 102 Å². The number of carboxylic acid groups (broad SMARTS) is 1. The number of carbonyl (C=O) groups is 1. The molecule has 0 aliphatic carbocycles. The molecule has 5 heteroatoms. The minimum absolute atomic E-state index is 0.593. The minimum Gasteiger partial charge on any atom is -0.479 e. The Kier molecular flexibility index (Phi) is 5.12. The predicted octanol–water partition coefficient (Wildman–Crippen LogP) is 2.44. The summed E-state index contributed by atoms with van der Waals surface area (Å²) in [7, 11) is 0. The lowest BCUT2D eigenvalue weighted by atomic mass is 9.94. The molecular weight excluding hydrogens is 218 g/mol. The van der Waals surface area contributed by atoms with E-state index in [1.807, 2.05) is 0 Å². The van der Waals surface area contributed by atoms with Gasteiger partial charge in [-0.3, -0.25) is 0 Å². The molecule has 5 nitrogen and oxygen atoms in total. The first-order valence-electron chi connectivity index (χ1n) is 6.19. The molecule has 1 aromatic rings. The third-order valence-electron chi connectivity index (χ3n) is 3.15. The maximum atomic E-state index is 11.4. The van der Waals surface area contributed by atoms with Gasteiger partial charge in [0.15, 0.2) is 5.54 Å². The zero-order chi connectivity index (χ0) is 12.7. The molecule has 0 aliphatic heterocycles. The maximum absolute atomic E-state index is 11.4. The zero-order valence-electron chi connectivity index (χ0n) is 10.6. The van der Waals surface area contributed by atoms with Gasteiger partial charge in [0.05, 0.1) is 0 Å². The van der Waals surface area contributed by atoms with E-state index in [2.05, 4.69) is 17.0 Å². The van der Waals surface area contributed by atoms with Crippen molar-refractivity contribution in [3.8, 4) is 0 Å². The van der Waals surface area contributed by atoms with Crippen LogP contribution in [0.3, 0.4) is 0 Å². The van der Waals surface area contributed by atoms with Crippen LogP contribution in [-0.2, 0) is 10.3 Å². The lowest BCUT2D eigenvalue weighted by Crippen LogP contribution is -2.39. The van der Waals surface area contributed by atoms with E-state index in [4.69, 9.17) is 0 Å². The summed E-state index contributed by atoms with van der Waals surface area (Å²) in [6.07, 6.45) is 9.00. The topological polar surface area (TPSA) is 68.0 Å². The monoisotopic (exact) mass is 239 g/mol. The zero-order valence-corrected chi connectivity index (χ0v) is 10.6. The fourth-order valence-electron chi connectivity index (χ4n) is 1.86. The third-order valence-corrected chi connectivity index (χ3v) is 3.15. The van der Waals surface area contributed by atoms with Crippen LogP contribution in [0, 0.1) is 0 Å². The summed E-state index contributed by atoms with van der Waals surface area (Å²) in [6.45, 7) is 3.86. The highest BCUT2D eigenvalue weighted by molar-refractivity contribution is 5.75. The van der Waals surface area contributed by atoms with Gasteiger partial charge < -0.3 is 5.11 Å². The molecule has 1 unspecified atom stereocenters. The average Bonchev–Trinajstić information content (AvgIpc) is 2.82. The number of rotatable bonds is 8. The molecule has 0 bridgehead atoms. The van der Waals surface area contributed by atoms with Crippen molar-refractivity contribution < 1.29 is 9.90 Å². The Morgan fingerprint density at radius 2 is 2.06 bits per heavy atom. The van der Waals surface area contributed by atoms with Crippen molar-refractivity contribution in [2.24, 2.45) is 0 Å². The van der Waals surface area contributed by atoms with Crippen molar-refractivity contribution in [3.05, 3.63) is 12.7 Å². The second-order valence-corrected chi connectivity index (χ2v) is 4.58. The average molecular weight is 239 g/mol. The van der Waals surface area contributed by atoms with Crippen LogP contribution >= 0.6 is 0 Å². The van der Waals surface area contributed by atoms with Crippen LogP contribution in [0.25, 0.3) is 0 Å². The van der Waals surface area contributed by atoms with Gasteiger partial charge in [-0.15, -0.1) is 0 Å². The minimum atomic E-state index is -0.970. The molecule has 0 fully saturated rings. The van der Waals surface area contributed by atoms with E-state index in [1.165, 1.54) is 36.6 Å². The van der Waals surface area contributed by atoms with E-state index in [0.29, 0.717) is 6.42 Å². The lowest BCUT2D eigenvalue weighted by molar-refractivity contribution is -0.147. The van der Waals surface area contributed by atoms with Crippen molar-refractivity contribution in [1.29, 1.82) is 0 Å². The van der Waals surface area contributed by atoms with Crippen LogP contribution in [0.1, 0.15) is 52.4 Å². The van der Waals surface area contributed by atoms with Gasteiger partial charge in [-0.25, -0.2) is 14.5 Å². The first-order valence-corrected chi connectivity index (χ1v) is 6.19. The first kappa shape index (κ1) is 13.7. The normalized spacial score (nSPS) is 14.5. The molecule has 0 amide bonds. The Morgan fingerprint density at radius 3 is 2.59 bits per heavy atom. The Hall–Kier alpha value is -1.39. The molecule has 0 aromatic carbocycles. The molecule has 96 valence electrons. The number of aliphatic carboxylic acids is 1. The predicted molar refractivity (Wildman–Crippen MR) is 64.7 cm³/mol. The Balaban J connectivity index is 2.52. The maximum Gasteiger partial charge on any atom is 0.331 e. The van der Waals surface area contributed by atoms with Gasteiger partial charge in [-0.1, -0.05) is 39.0 Å². The molecule has 1 heterocycles. The van der Waals surface area contributed by atoms with Crippen LogP contribution in [0.15, 0.2) is 12.7 Å². The van der Waals surface area contributed by atoms with Crippen molar-refractivity contribution in [2.75, 3.05) is 0 Å². The van der Waals surface area contributed by atoms with Crippen molar-refractivity contribution in [3.63, 3.8) is 0 Å². The smallest absolute Gasteiger partial charge is 0.331 e. The molecule has 1 atom stereocenters. The Bertz CT molecular complexity index is 338. The number of hydrogen-bond donors (Lipinski definition) is 1. The van der Waals surface area contributed by atoms with Gasteiger partial charge in [0.2, 0.25) is 0 Å². The molecule has 1 N–H and O–H groups in total. The van der Waals surface area contributed by atoms with Gasteiger partial charge in [0, 0.05) is 0 Å². The fraction of sp³-hybridized carbons (Fsp3) is 0.750. The molecule has 1 rings (SSSR count). The largest absolute Gasteiger partial charge is 0.479 e. The highest BCUT2D eigenvalue weighted by Gasteiger charge is 2.35. The van der Waals surface area contributed by atoms with Gasteiger partial charge in [-0.05, 0) is 13.3 Å². The summed E-state index contributed by atoms with van der Waals surface area (Å²) < 4.78 is 1.44. The van der Waals surface area contributed by atoms with Gasteiger partial charge in [0.1, 0.15) is 12.7 Å². The highest BCUT2D eigenvalue weighted by Crippen LogP contribution is 2.23. The van der Waals surface area contributed by atoms with Crippen LogP contribution in [0.4, 0.5) is 0 Å². The quantitative estimate of drug-likeness (QED) is 0.707. The van der Waals surface area contributed by atoms with Crippen LogP contribution in [-0.4, -0.2) is 25.8 Å². The summed E-state index contributed by atoms with van der Waals surface area (Å²) in [5.41, 5.74) is -0.970. The van der Waals surface area contributed by atoms with Crippen molar-refractivity contribution >= 4 is 5.97 Å². The number of carboxylic acids is 1. The number of unbranched alkanes of at least 4 members (excludes halogenated alkanes) is 4. The summed E-state index contributed by atoms with van der Waals surface area (Å²) in [5, 5.41) is 13.3. The van der Waals surface area contributed by atoms with E-state index >= 15 is 0 Å². The molecule has 17 heavy (non-hydrogen) atoms. The third kappa shape index (κ3) is 3.54. The molecular formula is C12H21N3O2. The highest BCUT2D eigenvalue weighted by atomic mass is 16.4.